The fraction of sp³-hybridized carbons (Fsp3) is 0.600. The predicted molar refractivity (Wildman–Crippen MR) is 72.1 cm³/mol. The van der Waals surface area contributed by atoms with E-state index in [2.05, 4.69) is 4.98 Å². The van der Waals surface area contributed by atoms with Crippen LogP contribution in [-0.2, 0) is 9.47 Å². The van der Waals surface area contributed by atoms with E-state index in [0.29, 0.717) is 24.7 Å². The largest absolute Gasteiger partial charge is 0.488 e. The molecule has 2 atom stereocenters. The van der Waals surface area contributed by atoms with Crippen LogP contribution in [0.1, 0.15) is 35.4 Å². The number of pyridine rings is 1. The summed E-state index contributed by atoms with van der Waals surface area (Å²) in [6.07, 6.45) is 3.34. The van der Waals surface area contributed by atoms with E-state index in [0.717, 1.165) is 37.8 Å². The fourth-order valence-corrected chi connectivity index (χ4v) is 2.87. The molecule has 3 heterocycles. The van der Waals surface area contributed by atoms with Crippen LogP contribution in [-0.4, -0.2) is 42.8 Å². The van der Waals surface area contributed by atoms with Gasteiger partial charge in [-0.3, -0.25) is 4.79 Å². The molecule has 5 nitrogen and oxygen atoms in total. The highest BCUT2D eigenvalue weighted by atomic mass is 16.6. The van der Waals surface area contributed by atoms with Crippen molar-refractivity contribution in [2.24, 2.45) is 0 Å². The lowest BCUT2D eigenvalue weighted by atomic mass is 9.91. The molecular weight excluding hydrogens is 258 g/mol. The molecule has 0 N–H and O–H groups in total. The van der Waals surface area contributed by atoms with Crippen LogP contribution in [0.15, 0.2) is 12.1 Å². The van der Waals surface area contributed by atoms with Crippen molar-refractivity contribution in [1.82, 2.24) is 4.98 Å². The van der Waals surface area contributed by atoms with Crippen molar-refractivity contribution in [1.29, 1.82) is 0 Å². The Bertz CT molecular complexity index is 497. The van der Waals surface area contributed by atoms with Crippen LogP contribution < -0.4 is 4.74 Å². The Balaban J connectivity index is 1.72. The number of nitrogens with zero attached hydrogens (tertiary/aromatic N) is 1. The predicted octanol–water partition coefficient (Wildman–Crippen LogP) is 1.92. The normalized spacial score (nSPS) is 29.6. The maximum Gasteiger partial charge on any atom is 0.172 e. The second-order valence-electron chi connectivity index (χ2n) is 5.52. The standard InChI is InChI=1S/C15H19NO4/c1-11-2-3-14(13(9-17)16-11)20-12-4-6-19-15(8-12)5-7-18-10-15/h2-3,9,12H,4-8,10H2,1H3. The zero-order valence-electron chi connectivity index (χ0n) is 11.6. The Morgan fingerprint density at radius 2 is 2.35 bits per heavy atom. The van der Waals surface area contributed by atoms with Crippen molar-refractivity contribution in [3.8, 4) is 5.75 Å². The molecule has 2 fully saturated rings. The number of hydrogen-bond donors (Lipinski definition) is 0. The van der Waals surface area contributed by atoms with Gasteiger partial charge in [-0.25, -0.2) is 4.98 Å². The van der Waals surface area contributed by atoms with Crippen molar-refractivity contribution in [3.05, 3.63) is 23.5 Å². The van der Waals surface area contributed by atoms with Gasteiger partial charge in [0.15, 0.2) is 6.29 Å². The Kier molecular flexibility index (Phi) is 3.72. The molecule has 0 aromatic carbocycles. The molecule has 0 amide bonds. The molecular formula is C15H19NO4. The van der Waals surface area contributed by atoms with Gasteiger partial charge in [0, 0.05) is 31.6 Å². The van der Waals surface area contributed by atoms with Crippen LogP contribution in [0.4, 0.5) is 0 Å². The van der Waals surface area contributed by atoms with Gasteiger partial charge in [-0.1, -0.05) is 0 Å². The SMILES string of the molecule is Cc1ccc(OC2CCOC3(CCOC3)C2)c(C=O)n1. The highest BCUT2D eigenvalue weighted by molar-refractivity contribution is 5.76. The lowest BCUT2D eigenvalue weighted by Crippen LogP contribution is -2.44. The number of aromatic nitrogens is 1. The Morgan fingerprint density at radius 1 is 1.45 bits per heavy atom. The summed E-state index contributed by atoms with van der Waals surface area (Å²) in [4.78, 5) is 15.3. The van der Waals surface area contributed by atoms with Gasteiger partial charge in [-0.05, 0) is 19.1 Å². The number of aldehydes is 1. The summed E-state index contributed by atoms with van der Waals surface area (Å²) in [5, 5.41) is 0. The van der Waals surface area contributed by atoms with Gasteiger partial charge < -0.3 is 14.2 Å². The van der Waals surface area contributed by atoms with E-state index in [1.54, 1.807) is 0 Å². The molecule has 2 aliphatic rings. The van der Waals surface area contributed by atoms with Gasteiger partial charge in [-0.15, -0.1) is 0 Å². The van der Waals surface area contributed by atoms with Gasteiger partial charge >= 0.3 is 0 Å². The lowest BCUT2D eigenvalue weighted by molar-refractivity contribution is -0.112. The van der Waals surface area contributed by atoms with E-state index in [4.69, 9.17) is 14.2 Å². The summed E-state index contributed by atoms with van der Waals surface area (Å²) >= 11 is 0. The summed E-state index contributed by atoms with van der Waals surface area (Å²) < 4.78 is 17.3. The van der Waals surface area contributed by atoms with Crippen LogP contribution >= 0.6 is 0 Å². The maximum absolute atomic E-state index is 11.1. The molecule has 5 heteroatoms. The number of ether oxygens (including phenoxy) is 3. The molecule has 0 aliphatic carbocycles. The topological polar surface area (TPSA) is 57.7 Å². The maximum atomic E-state index is 11.1. The highest BCUT2D eigenvalue weighted by Crippen LogP contribution is 2.34. The van der Waals surface area contributed by atoms with Crippen LogP contribution in [0.25, 0.3) is 0 Å². The van der Waals surface area contributed by atoms with E-state index in [1.807, 2.05) is 19.1 Å². The molecule has 3 rings (SSSR count). The molecule has 0 radical (unpaired) electrons. The second kappa shape index (κ2) is 5.50. The summed E-state index contributed by atoms with van der Waals surface area (Å²) in [7, 11) is 0. The molecule has 2 saturated heterocycles. The highest BCUT2D eigenvalue weighted by Gasteiger charge is 2.41. The third-order valence-corrected chi connectivity index (χ3v) is 3.95. The van der Waals surface area contributed by atoms with Crippen LogP contribution in [0.2, 0.25) is 0 Å². The zero-order valence-corrected chi connectivity index (χ0v) is 11.6. The lowest BCUT2D eigenvalue weighted by Gasteiger charge is -2.37. The molecule has 0 bridgehead atoms. The van der Waals surface area contributed by atoms with Crippen molar-refractivity contribution in [2.75, 3.05) is 19.8 Å². The first-order valence-electron chi connectivity index (χ1n) is 7.02. The number of carbonyl (C=O) groups is 1. The minimum absolute atomic E-state index is 0.0497. The smallest absolute Gasteiger partial charge is 0.172 e. The van der Waals surface area contributed by atoms with Gasteiger partial charge in [0.2, 0.25) is 0 Å². The molecule has 2 aliphatic heterocycles. The monoisotopic (exact) mass is 277 g/mol. The fourth-order valence-electron chi connectivity index (χ4n) is 2.87. The van der Waals surface area contributed by atoms with Crippen molar-refractivity contribution >= 4 is 6.29 Å². The first-order chi connectivity index (χ1) is 9.71. The first-order valence-corrected chi connectivity index (χ1v) is 7.02. The molecule has 2 unspecified atom stereocenters. The summed E-state index contributed by atoms with van der Waals surface area (Å²) in [5.41, 5.74) is 0.989. The van der Waals surface area contributed by atoms with Crippen LogP contribution in [0.5, 0.6) is 5.75 Å². The van der Waals surface area contributed by atoms with Crippen molar-refractivity contribution in [3.63, 3.8) is 0 Å². The average Bonchev–Trinajstić information content (AvgIpc) is 2.89. The molecule has 0 saturated carbocycles. The van der Waals surface area contributed by atoms with E-state index < -0.39 is 0 Å². The van der Waals surface area contributed by atoms with Crippen molar-refractivity contribution in [2.45, 2.75) is 37.9 Å². The van der Waals surface area contributed by atoms with E-state index in [1.165, 1.54) is 0 Å². The van der Waals surface area contributed by atoms with E-state index in [-0.39, 0.29) is 11.7 Å². The van der Waals surface area contributed by atoms with Crippen LogP contribution in [0.3, 0.4) is 0 Å². The minimum Gasteiger partial charge on any atom is -0.488 e. The first kappa shape index (κ1) is 13.5. The third-order valence-electron chi connectivity index (χ3n) is 3.95. The average molecular weight is 277 g/mol. The third kappa shape index (κ3) is 2.69. The molecule has 1 aromatic heterocycles. The molecule has 20 heavy (non-hydrogen) atoms. The van der Waals surface area contributed by atoms with Crippen LogP contribution in [0, 0.1) is 6.92 Å². The van der Waals surface area contributed by atoms with Gasteiger partial charge in [0.25, 0.3) is 0 Å². The van der Waals surface area contributed by atoms with E-state index in [9.17, 15) is 4.79 Å². The van der Waals surface area contributed by atoms with Crippen molar-refractivity contribution < 1.29 is 19.0 Å². The minimum atomic E-state index is -0.192. The summed E-state index contributed by atoms with van der Waals surface area (Å²) in [6, 6.07) is 3.68. The molecule has 108 valence electrons. The number of rotatable bonds is 3. The van der Waals surface area contributed by atoms with Gasteiger partial charge in [0.05, 0.1) is 18.8 Å². The van der Waals surface area contributed by atoms with Gasteiger partial charge in [0.1, 0.15) is 17.5 Å². The zero-order chi connectivity index (χ0) is 14.0. The quantitative estimate of drug-likeness (QED) is 0.790. The summed E-state index contributed by atoms with van der Waals surface area (Å²) in [5.74, 6) is 0.562. The number of hydrogen-bond acceptors (Lipinski definition) is 5. The number of aryl methyl sites for hydroxylation is 1. The second-order valence-corrected chi connectivity index (χ2v) is 5.52. The number of carbonyl (C=O) groups excluding carboxylic acids is 1. The molecule has 1 spiro atoms. The molecule has 1 aromatic rings. The van der Waals surface area contributed by atoms with E-state index >= 15 is 0 Å². The Morgan fingerprint density at radius 3 is 3.10 bits per heavy atom. The van der Waals surface area contributed by atoms with Gasteiger partial charge in [-0.2, -0.15) is 0 Å². The Labute approximate surface area is 118 Å². The Hall–Kier alpha value is -1.46. The summed E-state index contributed by atoms with van der Waals surface area (Å²) in [6.45, 7) is 3.91.